The van der Waals surface area contributed by atoms with E-state index in [0.29, 0.717) is 12.3 Å². The molecule has 18 heavy (non-hydrogen) atoms. The van der Waals surface area contributed by atoms with Crippen molar-refractivity contribution in [2.75, 3.05) is 13.1 Å². The molecule has 1 unspecified atom stereocenters. The summed E-state index contributed by atoms with van der Waals surface area (Å²) in [6, 6.07) is 0. The molecule has 1 saturated carbocycles. The highest BCUT2D eigenvalue weighted by Crippen LogP contribution is 2.30. The van der Waals surface area contributed by atoms with Crippen LogP contribution in [0.4, 0.5) is 0 Å². The van der Waals surface area contributed by atoms with Gasteiger partial charge in [-0.1, -0.05) is 25.4 Å². The Balaban J connectivity index is 2.69. The highest BCUT2D eigenvalue weighted by atomic mass is 16.4. The Morgan fingerprint density at radius 3 is 2.56 bits per heavy atom. The van der Waals surface area contributed by atoms with Crippen molar-refractivity contribution in [1.29, 1.82) is 0 Å². The van der Waals surface area contributed by atoms with E-state index in [4.69, 9.17) is 10.9 Å². The second kappa shape index (κ2) is 7.24. The third-order valence-electron chi connectivity index (χ3n) is 3.33. The first-order chi connectivity index (χ1) is 8.63. The summed E-state index contributed by atoms with van der Waals surface area (Å²) in [4.78, 5) is 14.3. The van der Waals surface area contributed by atoms with Crippen LogP contribution in [0.5, 0.6) is 0 Å². The van der Waals surface area contributed by atoms with E-state index in [9.17, 15) is 4.79 Å². The lowest BCUT2D eigenvalue weighted by Crippen LogP contribution is -2.43. The van der Waals surface area contributed by atoms with Gasteiger partial charge in [-0.15, -0.1) is 0 Å². The molecule has 104 valence electrons. The number of hydrogen-bond donors (Lipinski definition) is 2. The third kappa shape index (κ3) is 4.20. The van der Waals surface area contributed by atoms with Crippen LogP contribution in [0, 0.1) is 11.8 Å². The molecule has 0 aliphatic heterocycles. The fourth-order valence-electron chi connectivity index (χ4n) is 2.15. The smallest absolute Gasteiger partial charge is 0.233 e. The summed E-state index contributed by atoms with van der Waals surface area (Å²) >= 11 is 0. The number of oxime groups is 1. The summed E-state index contributed by atoms with van der Waals surface area (Å²) in [5, 5.41) is 11.8. The molecule has 0 saturated heterocycles. The average molecular weight is 255 g/mol. The summed E-state index contributed by atoms with van der Waals surface area (Å²) in [5.41, 5.74) is 5.64. The minimum absolute atomic E-state index is 0.0147. The first kappa shape index (κ1) is 14.8. The molecule has 1 amide bonds. The third-order valence-corrected chi connectivity index (χ3v) is 3.33. The molecule has 1 aliphatic carbocycles. The van der Waals surface area contributed by atoms with Crippen LogP contribution in [0.2, 0.25) is 0 Å². The van der Waals surface area contributed by atoms with Gasteiger partial charge in [-0.3, -0.25) is 4.79 Å². The van der Waals surface area contributed by atoms with E-state index in [0.717, 1.165) is 25.9 Å². The van der Waals surface area contributed by atoms with E-state index in [1.807, 2.05) is 11.8 Å². The minimum atomic E-state index is -0.467. The van der Waals surface area contributed by atoms with E-state index in [1.54, 1.807) is 0 Å². The van der Waals surface area contributed by atoms with Crippen LogP contribution in [0.25, 0.3) is 0 Å². The van der Waals surface area contributed by atoms with Gasteiger partial charge in [0.2, 0.25) is 5.91 Å². The van der Waals surface area contributed by atoms with Gasteiger partial charge in [0.15, 0.2) is 5.84 Å². The highest BCUT2D eigenvalue weighted by Gasteiger charge is 2.31. The normalized spacial score (nSPS) is 17.6. The van der Waals surface area contributed by atoms with Crippen molar-refractivity contribution in [1.82, 2.24) is 4.90 Å². The van der Waals surface area contributed by atoms with Crippen LogP contribution in [-0.2, 0) is 4.79 Å². The van der Waals surface area contributed by atoms with Crippen LogP contribution in [0.1, 0.15) is 46.0 Å². The van der Waals surface area contributed by atoms with Crippen molar-refractivity contribution >= 4 is 11.7 Å². The molecule has 1 aliphatic rings. The zero-order valence-electron chi connectivity index (χ0n) is 11.4. The van der Waals surface area contributed by atoms with Gasteiger partial charge in [0.1, 0.15) is 0 Å². The number of carbonyl (C=O) groups is 1. The number of amidine groups is 1. The molecular formula is C13H25N3O2. The van der Waals surface area contributed by atoms with Crippen LogP contribution in [0.3, 0.4) is 0 Å². The molecule has 0 aromatic heterocycles. The number of rotatable bonds is 8. The Hall–Kier alpha value is -1.26. The molecule has 0 spiro atoms. The SMILES string of the molecule is CCCC(C(=O)N(CCC)CC1CC1)C(N)=NO. The van der Waals surface area contributed by atoms with Crippen molar-refractivity contribution in [2.45, 2.75) is 46.0 Å². The standard InChI is InChI=1S/C13H25N3O2/c1-3-5-11(12(14)15-18)13(17)16(8-4-2)9-10-6-7-10/h10-11,18H,3-9H2,1-2H3,(H2,14,15). The highest BCUT2D eigenvalue weighted by molar-refractivity contribution is 6.02. The van der Waals surface area contributed by atoms with E-state index in [2.05, 4.69) is 12.1 Å². The van der Waals surface area contributed by atoms with Crippen molar-refractivity contribution in [3.05, 3.63) is 0 Å². The Morgan fingerprint density at radius 1 is 1.44 bits per heavy atom. The average Bonchev–Trinajstić information content (AvgIpc) is 3.17. The van der Waals surface area contributed by atoms with Crippen molar-refractivity contribution < 1.29 is 10.0 Å². The lowest BCUT2D eigenvalue weighted by atomic mass is 10.0. The zero-order chi connectivity index (χ0) is 13.5. The molecule has 3 N–H and O–H groups in total. The van der Waals surface area contributed by atoms with Crippen LogP contribution in [0.15, 0.2) is 5.16 Å². The van der Waals surface area contributed by atoms with Gasteiger partial charge in [0.25, 0.3) is 0 Å². The van der Waals surface area contributed by atoms with Gasteiger partial charge in [0, 0.05) is 13.1 Å². The predicted octanol–water partition coefficient (Wildman–Crippen LogP) is 1.80. The van der Waals surface area contributed by atoms with Gasteiger partial charge in [0.05, 0.1) is 5.92 Å². The van der Waals surface area contributed by atoms with E-state index >= 15 is 0 Å². The Kier molecular flexibility index (Phi) is 5.95. The van der Waals surface area contributed by atoms with Gasteiger partial charge in [-0.05, 0) is 31.6 Å². The fourth-order valence-corrected chi connectivity index (χ4v) is 2.15. The van der Waals surface area contributed by atoms with Crippen molar-refractivity contribution in [2.24, 2.45) is 22.7 Å². The largest absolute Gasteiger partial charge is 0.409 e. The number of nitrogens with zero attached hydrogens (tertiary/aromatic N) is 2. The molecule has 5 nitrogen and oxygen atoms in total. The molecule has 1 rings (SSSR count). The summed E-state index contributed by atoms with van der Waals surface area (Å²) in [5.74, 6) is 0.250. The Morgan fingerprint density at radius 2 is 2.11 bits per heavy atom. The quantitative estimate of drug-likeness (QED) is 0.300. The van der Waals surface area contributed by atoms with E-state index in [-0.39, 0.29) is 11.7 Å². The Bertz CT molecular complexity index is 301. The summed E-state index contributed by atoms with van der Waals surface area (Å²) in [6.45, 7) is 5.64. The second-order valence-corrected chi connectivity index (χ2v) is 5.09. The predicted molar refractivity (Wildman–Crippen MR) is 71.4 cm³/mol. The molecule has 5 heteroatoms. The molecule has 0 radical (unpaired) electrons. The van der Waals surface area contributed by atoms with Gasteiger partial charge >= 0.3 is 0 Å². The molecule has 1 fully saturated rings. The molecule has 0 bridgehead atoms. The zero-order valence-corrected chi connectivity index (χ0v) is 11.4. The maximum absolute atomic E-state index is 12.4. The Labute approximate surface area is 109 Å². The maximum atomic E-state index is 12.4. The minimum Gasteiger partial charge on any atom is -0.409 e. The van der Waals surface area contributed by atoms with Crippen LogP contribution in [-0.4, -0.2) is 34.9 Å². The molecule has 1 atom stereocenters. The summed E-state index contributed by atoms with van der Waals surface area (Å²) in [6.07, 6.45) is 4.86. The fraction of sp³-hybridized carbons (Fsp3) is 0.846. The van der Waals surface area contributed by atoms with Crippen molar-refractivity contribution in [3.8, 4) is 0 Å². The number of amides is 1. The monoisotopic (exact) mass is 255 g/mol. The molecule has 0 aromatic carbocycles. The molecule has 0 aromatic rings. The summed E-state index contributed by atoms with van der Waals surface area (Å²) in [7, 11) is 0. The first-order valence-corrected chi connectivity index (χ1v) is 6.90. The van der Waals surface area contributed by atoms with Crippen LogP contribution < -0.4 is 5.73 Å². The van der Waals surface area contributed by atoms with E-state index in [1.165, 1.54) is 12.8 Å². The lowest BCUT2D eigenvalue weighted by molar-refractivity contribution is -0.134. The number of hydrogen-bond acceptors (Lipinski definition) is 3. The number of nitrogens with two attached hydrogens (primary N) is 1. The van der Waals surface area contributed by atoms with Crippen LogP contribution >= 0.6 is 0 Å². The van der Waals surface area contributed by atoms with Gasteiger partial charge in [-0.2, -0.15) is 0 Å². The lowest BCUT2D eigenvalue weighted by Gasteiger charge is -2.26. The second-order valence-electron chi connectivity index (χ2n) is 5.09. The van der Waals surface area contributed by atoms with Gasteiger partial charge in [-0.25, -0.2) is 0 Å². The molecule has 0 heterocycles. The van der Waals surface area contributed by atoms with E-state index < -0.39 is 5.92 Å². The maximum Gasteiger partial charge on any atom is 0.233 e. The van der Waals surface area contributed by atoms with Crippen molar-refractivity contribution in [3.63, 3.8) is 0 Å². The molecular weight excluding hydrogens is 230 g/mol. The van der Waals surface area contributed by atoms with Gasteiger partial charge < -0.3 is 15.8 Å². The first-order valence-electron chi connectivity index (χ1n) is 6.90. The topological polar surface area (TPSA) is 78.9 Å². The summed E-state index contributed by atoms with van der Waals surface area (Å²) < 4.78 is 0. The number of carbonyl (C=O) groups excluding carboxylic acids is 1.